The Morgan fingerprint density at radius 3 is 1.48 bits per heavy atom. The summed E-state index contributed by atoms with van der Waals surface area (Å²) >= 11 is 0. The Balaban J connectivity index is 3.07. The predicted molar refractivity (Wildman–Crippen MR) is 89.2 cm³/mol. The van der Waals surface area contributed by atoms with Crippen molar-refractivity contribution in [2.24, 2.45) is 0 Å². The monoisotopic (exact) mass is 352 g/mol. The normalized spacial score (nSPS) is 11.7. The zero-order valence-corrected chi connectivity index (χ0v) is 15.9. The molecule has 0 spiro atoms. The van der Waals surface area contributed by atoms with Crippen molar-refractivity contribution in [2.75, 3.05) is 66.6 Å². The lowest BCUT2D eigenvalue weighted by atomic mass is 10.5. The molecule has 8 heteroatoms. The quantitative estimate of drug-likeness (QED) is 0.237. The molecular weight excluding hydrogens is 320 g/mol. The van der Waals surface area contributed by atoms with Gasteiger partial charge in [-0.25, -0.2) is 0 Å². The van der Waals surface area contributed by atoms with Crippen LogP contribution in [0.15, 0.2) is 0 Å². The zero-order chi connectivity index (χ0) is 17.4. The summed E-state index contributed by atoms with van der Waals surface area (Å²) in [5, 5.41) is 0. The number of methoxy groups -OCH3 is 1. The molecule has 0 radical (unpaired) electrons. The van der Waals surface area contributed by atoms with Gasteiger partial charge in [0.2, 0.25) is 0 Å². The molecule has 0 aromatic rings. The minimum atomic E-state index is -1.43. The van der Waals surface area contributed by atoms with Crippen molar-refractivity contribution in [3.8, 4) is 0 Å². The fraction of sp³-hybridized carbons (Fsp3) is 0.933. The van der Waals surface area contributed by atoms with Crippen LogP contribution in [0.3, 0.4) is 0 Å². The summed E-state index contributed by atoms with van der Waals surface area (Å²) in [6, 6.07) is 0. The third kappa shape index (κ3) is 19.4. The first-order chi connectivity index (χ1) is 11.0. The van der Waals surface area contributed by atoms with Crippen molar-refractivity contribution in [3.63, 3.8) is 0 Å². The van der Waals surface area contributed by atoms with Gasteiger partial charge in [-0.15, -0.1) is 0 Å². The van der Waals surface area contributed by atoms with E-state index < -0.39 is 8.32 Å². The topological polar surface area (TPSA) is 72.5 Å². The van der Waals surface area contributed by atoms with Crippen molar-refractivity contribution in [3.05, 3.63) is 0 Å². The van der Waals surface area contributed by atoms with Crippen LogP contribution in [0.4, 0.5) is 0 Å². The highest BCUT2D eigenvalue weighted by Crippen LogP contribution is 2.01. The molecule has 0 heterocycles. The van der Waals surface area contributed by atoms with E-state index in [0.29, 0.717) is 59.5 Å². The molecule has 0 atom stereocenters. The smallest absolute Gasteiger partial charge is 0.307 e. The van der Waals surface area contributed by atoms with E-state index >= 15 is 0 Å². The van der Waals surface area contributed by atoms with E-state index in [1.54, 1.807) is 0 Å². The van der Waals surface area contributed by atoms with Gasteiger partial charge in [0.05, 0.1) is 73.0 Å². The Kier molecular flexibility index (Phi) is 14.7. The van der Waals surface area contributed by atoms with E-state index in [2.05, 4.69) is 24.4 Å². The van der Waals surface area contributed by atoms with Crippen LogP contribution in [-0.4, -0.2) is 80.9 Å². The maximum atomic E-state index is 10.8. The maximum Gasteiger partial charge on any atom is 0.307 e. The summed E-state index contributed by atoms with van der Waals surface area (Å²) in [7, 11) is -0.0697. The fourth-order valence-corrected chi connectivity index (χ4v) is 2.12. The first-order valence-electron chi connectivity index (χ1n) is 7.97. The first-order valence-corrected chi connectivity index (χ1v) is 11.4. The summed E-state index contributed by atoms with van der Waals surface area (Å²) in [6.45, 7) is 11.1. The molecule has 7 nitrogen and oxygen atoms in total. The molecule has 0 bridgehead atoms. The molecule has 0 fully saturated rings. The Labute approximate surface area is 140 Å². The summed E-state index contributed by atoms with van der Waals surface area (Å²) in [4.78, 5) is 10.8. The highest BCUT2D eigenvalue weighted by Gasteiger charge is 2.12. The second-order valence-corrected chi connectivity index (χ2v) is 10.2. The van der Waals surface area contributed by atoms with Crippen LogP contribution >= 0.6 is 0 Å². The molecule has 0 rings (SSSR count). The zero-order valence-electron chi connectivity index (χ0n) is 14.9. The van der Waals surface area contributed by atoms with Crippen LogP contribution in [-0.2, 0) is 32.9 Å². The molecule has 0 aliphatic carbocycles. The van der Waals surface area contributed by atoms with Crippen molar-refractivity contribution in [1.29, 1.82) is 0 Å². The van der Waals surface area contributed by atoms with Gasteiger partial charge in [-0.1, -0.05) is 0 Å². The Morgan fingerprint density at radius 2 is 1.09 bits per heavy atom. The van der Waals surface area contributed by atoms with Gasteiger partial charge in [0.1, 0.15) is 0 Å². The number of hydrogen-bond acceptors (Lipinski definition) is 7. The fourth-order valence-electron chi connectivity index (χ4n) is 1.43. The minimum absolute atomic E-state index is 0.266. The minimum Gasteiger partial charge on any atom is -0.469 e. The average Bonchev–Trinajstić information content (AvgIpc) is 2.49. The molecule has 0 saturated heterocycles. The lowest BCUT2D eigenvalue weighted by molar-refractivity contribution is -0.141. The highest BCUT2D eigenvalue weighted by atomic mass is 28.4. The molecule has 0 aliphatic rings. The molecule has 0 aliphatic heterocycles. The van der Waals surface area contributed by atoms with Crippen molar-refractivity contribution < 1.29 is 32.9 Å². The van der Waals surface area contributed by atoms with Gasteiger partial charge in [0, 0.05) is 0 Å². The van der Waals surface area contributed by atoms with Crippen LogP contribution in [0.2, 0.25) is 19.6 Å². The second-order valence-electron chi connectivity index (χ2n) is 5.74. The standard InChI is InChI=1S/C15H32O7Si/c1-17-15(16)5-6-18-7-8-19-9-10-20-11-12-21-13-14-22-23(2,3)4/h5-14H2,1-4H3. The van der Waals surface area contributed by atoms with Crippen molar-refractivity contribution >= 4 is 14.3 Å². The van der Waals surface area contributed by atoms with Gasteiger partial charge in [-0.3, -0.25) is 4.79 Å². The Hall–Kier alpha value is -0.513. The van der Waals surface area contributed by atoms with Crippen LogP contribution in [0.5, 0.6) is 0 Å². The maximum absolute atomic E-state index is 10.8. The molecule has 0 N–H and O–H groups in total. The largest absolute Gasteiger partial charge is 0.469 e. The number of rotatable bonds is 16. The summed E-state index contributed by atoms with van der Waals surface area (Å²) in [5.74, 6) is -0.270. The lowest BCUT2D eigenvalue weighted by Crippen LogP contribution is -2.27. The van der Waals surface area contributed by atoms with Crippen LogP contribution < -0.4 is 0 Å². The van der Waals surface area contributed by atoms with Gasteiger partial charge in [0.15, 0.2) is 8.32 Å². The van der Waals surface area contributed by atoms with Gasteiger partial charge in [0.25, 0.3) is 0 Å². The average molecular weight is 353 g/mol. The third-order valence-electron chi connectivity index (χ3n) is 2.56. The predicted octanol–water partition coefficient (Wildman–Crippen LogP) is 1.47. The first kappa shape index (κ1) is 22.5. The SMILES string of the molecule is COC(=O)CCOCCOCCOCCOCCO[Si](C)(C)C. The Bertz CT molecular complexity index is 281. The summed E-state index contributed by atoms with van der Waals surface area (Å²) in [6.07, 6.45) is 0.266. The van der Waals surface area contributed by atoms with E-state index in [1.165, 1.54) is 7.11 Å². The molecule has 138 valence electrons. The lowest BCUT2D eigenvalue weighted by Gasteiger charge is -2.16. The highest BCUT2D eigenvalue weighted by molar-refractivity contribution is 6.69. The van der Waals surface area contributed by atoms with Gasteiger partial charge in [-0.2, -0.15) is 0 Å². The van der Waals surface area contributed by atoms with Gasteiger partial charge >= 0.3 is 5.97 Å². The molecule has 0 aromatic carbocycles. The Morgan fingerprint density at radius 1 is 0.696 bits per heavy atom. The summed E-state index contributed by atoms with van der Waals surface area (Å²) in [5.41, 5.74) is 0. The molecule has 0 unspecified atom stereocenters. The molecule has 0 saturated carbocycles. The van der Waals surface area contributed by atoms with Crippen molar-refractivity contribution in [1.82, 2.24) is 0 Å². The van der Waals surface area contributed by atoms with Gasteiger partial charge in [-0.05, 0) is 19.6 Å². The van der Waals surface area contributed by atoms with Crippen LogP contribution in [0, 0.1) is 0 Å². The number of ether oxygens (including phenoxy) is 5. The molecule has 0 aromatic heterocycles. The van der Waals surface area contributed by atoms with Crippen molar-refractivity contribution in [2.45, 2.75) is 26.1 Å². The molecule has 0 amide bonds. The number of hydrogen-bond donors (Lipinski definition) is 0. The van der Waals surface area contributed by atoms with E-state index in [9.17, 15) is 4.79 Å². The van der Waals surface area contributed by atoms with E-state index in [1.807, 2.05) is 0 Å². The van der Waals surface area contributed by atoms with Gasteiger partial charge < -0.3 is 28.1 Å². The summed E-state index contributed by atoms with van der Waals surface area (Å²) < 4.78 is 31.5. The third-order valence-corrected chi connectivity index (χ3v) is 3.63. The molecule has 23 heavy (non-hydrogen) atoms. The van der Waals surface area contributed by atoms with E-state index in [4.69, 9.17) is 23.4 Å². The second kappa shape index (κ2) is 15.0. The van der Waals surface area contributed by atoms with E-state index in [0.717, 1.165) is 0 Å². The molecular formula is C15H32O7Si. The van der Waals surface area contributed by atoms with E-state index in [-0.39, 0.29) is 12.4 Å². The van der Waals surface area contributed by atoms with Crippen LogP contribution in [0.25, 0.3) is 0 Å². The number of carbonyl (C=O) groups is 1. The number of carbonyl (C=O) groups excluding carboxylic acids is 1. The number of esters is 1. The van der Waals surface area contributed by atoms with Crippen LogP contribution in [0.1, 0.15) is 6.42 Å².